The summed E-state index contributed by atoms with van der Waals surface area (Å²) < 4.78 is 0. The maximum absolute atomic E-state index is 6.02. The van der Waals surface area contributed by atoms with E-state index in [-0.39, 0.29) is 0 Å². The normalized spacial score (nSPS) is 10.7. The van der Waals surface area contributed by atoms with Gasteiger partial charge in [-0.05, 0) is 30.3 Å². The van der Waals surface area contributed by atoms with E-state index in [1.165, 1.54) is 6.20 Å². The first-order chi connectivity index (χ1) is 12.7. The van der Waals surface area contributed by atoms with E-state index in [1.807, 2.05) is 30.3 Å². The average Bonchev–Trinajstić information content (AvgIpc) is 2.61. The summed E-state index contributed by atoms with van der Waals surface area (Å²) in [6.45, 7) is 0. The molecule has 0 saturated carbocycles. The fraction of sp³-hybridized carbons (Fsp3) is 0. The van der Waals surface area contributed by atoms with Gasteiger partial charge in [0.2, 0.25) is 5.95 Å². The van der Waals surface area contributed by atoms with Gasteiger partial charge in [0.25, 0.3) is 0 Å². The summed E-state index contributed by atoms with van der Waals surface area (Å²) in [6, 6.07) is 14.9. The topological polar surface area (TPSA) is 75.6 Å². The molecule has 0 unspecified atom stereocenters. The van der Waals surface area contributed by atoms with Crippen LogP contribution < -0.4 is 10.6 Å². The van der Waals surface area contributed by atoms with Crippen molar-refractivity contribution in [3.8, 4) is 0 Å². The smallest absolute Gasteiger partial charge is 0.249 e. The molecule has 2 aromatic heterocycles. The Morgan fingerprint density at radius 1 is 0.885 bits per heavy atom. The van der Waals surface area contributed by atoms with Gasteiger partial charge in [-0.3, -0.25) is 4.98 Å². The summed E-state index contributed by atoms with van der Waals surface area (Å²) in [4.78, 5) is 8.82. The summed E-state index contributed by atoms with van der Waals surface area (Å²) in [5.41, 5.74) is 2.34. The number of nitrogens with zero attached hydrogens (tertiary/aromatic N) is 4. The van der Waals surface area contributed by atoms with Crippen molar-refractivity contribution in [1.82, 2.24) is 20.2 Å². The van der Waals surface area contributed by atoms with Crippen LogP contribution in [0.3, 0.4) is 0 Å². The van der Waals surface area contributed by atoms with E-state index in [9.17, 15) is 0 Å². The Morgan fingerprint density at radius 3 is 2.54 bits per heavy atom. The highest BCUT2D eigenvalue weighted by atomic mass is 35.5. The maximum Gasteiger partial charge on any atom is 0.249 e. The zero-order chi connectivity index (χ0) is 17.9. The fourth-order valence-electron chi connectivity index (χ4n) is 2.52. The van der Waals surface area contributed by atoms with E-state index in [1.54, 1.807) is 24.4 Å². The van der Waals surface area contributed by atoms with E-state index in [4.69, 9.17) is 23.2 Å². The largest absolute Gasteiger partial charge is 0.339 e. The summed E-state index contributed by atoms with van der Waals surface area (Å²) in [5, 5.41) is 16.4. The van der Waals surface area contributed by atoms with Crippen molar-refractivity contribution in [3.63, 3.8) is 0 Å². The van der Waals surface area contributed by atoms with Crippen molar-refractivity contribution in [2.45, 2.75) is 0 Å². The van der Waals surface area contributed by atoms with Crippen LogP contribution in [-0.2, 0) is 0 Å². The molecule has 26 heavy (non-hydrogen) atoms. The summed E-state index contributed by atoms with van der Waals surface area (Å²) in [6.07, 6.45) is 3.26. The molecule has 0 aliphatic carbocycles. The summed E-state index contributed by atoms with van der Waals surface area (Å²) >= 11 is 12.0. The molecule has 0 aliphatic rings. The van der Waals surface area contributed by atoms with Crippen LogP contribution in [0, 0.1) is 0 Å². The predicted molar refractivity (Wildman–Crippen MR) is 105 cm³/mol. The van der Waals surface area contributed by atoms with Gasteiger partial charge in [-0.1, -0.05) is 41.4 Å². The molecule has 0 aliphatic heterocycles. The van der Waals surface area contributed by atoms with Crippen molar-refractivity contribution >= 4 is 57.2 Å². The van der Waals surface area contributed by atoms with Gasteiger partial charge in [0.05, 0.1) is 17.4 Å². The van der Waals surface area contributed by atoms with Gasteiger partial charge in [-0.15, -0.1) is 5.10 Å². The first-order valence-corrected chi connectivity index (χ1v) is 8.46. The molecule has 0 atom stereocenters. The van der Waals surface area contributed by atoms with Gasteiger partial charge in [-0.25, -0.2) is 0 Å². The third kappa shape index (κ3) is 3.66. The Labute approximate surface area is 159 Å². The molecule has 0 fully saturated rings. The van der Waals surface area contributed by atoms with Crippen LogP contribution in [0.25, 0.3) is 10.9 Å². The molecule has 2 aromatic carbocycles. The number of para-hydroxylation sites is 1. The molecule has 6 nitrogen and oxygen atoms in total. The number of hydrogen-bond donors (Lipinski definition) is 2. The van der Waals surface area contributed by atoms with Crippen molar-refractivity contribution in [1.29, 1.82) is 0 Å². The number of pyridine rings is 1. The lowest BCUT2D eigenvalue weighted by molar-refractivity contribution is 0.983. The van der Waals surface area contributed by atoms with Gasteiger partial charge >= 0.3 is 0 Å². The number of anilines is 4. The highest BCUT2D eigenvalue weighted by Gasteiger charge is 2.06. The zero-order valence-electron chi connectivity index (χ0n) is 13.3. The van der Waals surface area contributed by atoms with Gasteiger partial charge in [0.15, 0.2) is 5.82 Å². The average molecular weight is 383 g/mol. The van der Waals surface area contributed by atoms with Crippen LogP contribution in [-0.4, -0.2) is 20.2 Å². The Kier molecular flexibility index (Phi) is 4.51. The second-order valence-electron chi connectivity index (χ2n) is 5.45. The van der Waals surface area contributed by atoms with Gasteiger partial charge in [0, 0.05) is 27.3 Å². The first-order valence-electron chi connectivity index (χ1n) is 7.71. The minimum absolute atomic E-state index is 0.348. The number of rotatable bonds is 4. The highest BCUT2D eigenvalue weighted by Crippen LogP contribution is 2.26. The van der Waals surface area contributed by atoms with Crippen molar-refractivity contribution in [2.24, 2.45) is 0 Å². The number of halogens is 2. The first kappa shape index (κ1) is 16.5. The number of fused-ring (bicyclic) bond motifs is 1. The molecule has 0 radical (unpaired) electrons. The van der Waals surface area contributed by atoms with Gasteiger partial charge in [-0.2, -0.15) is 10.1 Å². The minimum Gasteiger partial charge on any atom is -0.339 e. The number of aromatic nitrogens is 4. The SMILES string of the molecule is Clc1cc(Cl)cc(Nc2cnnc(Nc3cccc4cccnc34)n2)c1. The Balaban J connectivity index is 1.61. The molecule has 2 N–H and O–H groups in total. The van der Waals surface area contributed by atoms with Crippen LogP contribution in [0.2, 0.25) is 10.0 Å². The van der Waals surface area contributed by atoms with E-state index in [0.717, 1.165) is 16.6 Å². The third-order valence-corrected chi connectivity index (χ3v) is 4.01. The molecule has 4 rings (SSSR count). The minimum atomic E-state index is 0.348. The molecule has 2 heterocycles. The molecule has 0 amide bonds. The van der Waals surface area contributed by atoms with Crippen molar-refractivity contribution in [2.75, 3.05) is 10.6 Å². The van der Waals surface area contributed by atoms with Crippen LogP contribution in [0.4, 0.5) is 23.1 Å². The molecule has 0 saturated heterocycles. The van der Waals surface area contributed by atoms with Crippen LogP contribution in [0.15, 0.2) is 60.9 Å². The van der Waals surface area contributed by atoms with E-state index >= 15 is 0 Å². The summed E-state index contributed by atoms with van der Waals surface area (Å²) in [7, 11) is 0. The van der Waals surface area contributed by atoms with E-state index in [0.29, 0.717) is 27.5 Å². The number of nitrogens with one attached hydrogen (secondary N) is 2. The lowest BCUT2D eigenvalue weighted by Crippen LogP contribution is -2.03. The van der Waals surface area contributed by atoms with Crippen LogP contribution >= 0.6 is 23.2 Å². The fourth-order valence-corrected chi connectivity index (χ4v) is 3.04. The van der Waals surface area contributed by atoms with Crippen LogP contribution in [0.1, 0.15) is 0 Å². The monoisotopic (exact) mass is 382 g/mol. The predicted octanol–water partition coefficient (Wildman–Crippen LogP) is 5.21. The molecule has 8 heteroatoms. The Morgan fingerprint density at radius 2 is 1.69 bits per heavy atom. The maximum atomic E-state index is 6.02. The van der Waals surface area contributed by atoms with Gasteiger partial charge in [0.1, 0.15) is 0 Å². The Bertz CT molecular complexity index is 1060. The third-order valence-electron chi connectivity index (χ3n) is 3.57. The van der Waals surface area contributed by atoms with E-state index in [2.05, 4.69) is 30.8 Å². The molecular formula is C18H12Cl2N6. The van der Waals surface area contributed by atoms with E-state index < -0.39 is 0 Å². The molecule has 4 aromatic rings. The van der Waals surface area contributed by atoms with Crippen molar-refractivity contribution < 1.29 is 0 Å². The lowest BCUT2D eigenvalue weighted by Gasteiger charge is -2.09. The standard InChI is InChI=1S/C18H12Cl2N6/c19-12-7-13(20)9-14(8-12)23-16-10-22-26-18(25-16)24-15-5-1-3-11-4-2-6-21-17(11)15/h1-10H,(H2,23,24,25,26). The molecule has 128 valence electrons. The van der Waals surface area contributed by atoms with Crippen molar-refractivity contribution in [3.05, 3.63) is 71.0 Å². The molecular weight excluding hydrogens is 371 g/mol. The quantitative estimate of drug-likeness (QED) is 0.504. The Hall–Kier alpha value is -2.96. The van der Waals surface area contributed by atoms with Gasteiger partial charge < -0.3 is 10.6 Å². The lowest BCUT2D eigenvalue weighted by atomic mass is 10.2. The second-order valence-corrected chi connectivity index (χ2v) is 6.33. The second kappa shape index (κ2) is 7.11. The van der Waals surface area contributed by atoms with Crippen LogP contribution in [0.5, 0.6) is 0 Å². The molecule has 0 spiro atoms. The highest BCUT2D eigenvalue weighted by molar-refractivity contribution is 6.35. The molecule has 0 bridgehead atoms. The zero-order valence-corrected chi connectivity index (χ0v) is 14.8. The number of benzene rings is 2. The number of hydrogen-bond acceptors (Lipinski definition) is 6. The summed E-state index contributed by atoms with van der Waals surface area (Å²) in [5.74, 6) is 0.857.